The van der Waals surface area contributed by atoms with Gasteiger partial charge in [0.25, 0.3) is 0 Å². The van der Waals surface area contributed by atoms with Crippen LogP contribution in [0, 0.1) is 0 Å². The second kappa shape index (κ2) is 10.2. The second-order valence-corrected chi connectivity index (χ2v) is 5.05. The summed E-state index contributed by atoms with van der Waals surface area (Å²) in [5.41, 5.74) is -0.297. The van der Waals surface area contributed by atoms with Crippen molar-refractivity contribution in [3.05, 3.63) is 0 Å². The van der Waals surface area contributed by atoms with Crippen LogP contribution in [-0.4, -0.2) is 18.9 Å². The predicted octanol–water partition coefficient (Wildman–Crippen LogP) is 5.08. The highest BCUT2D eigenvalue weighted by Gasteiger charge is 2.33. The molecule has 0 bridgehead atoms. The van der Waals surface area contributed by atoms with Gasteiger partial charge >= 0.3 is 6.16 Å². The van der Waals surface area contributed by atoms with Gasteiger partial charge in [0.1, 0.15) is 5.60 Å². The van der Waals surface area contributed by atoms with E-state index in [1.807, 2.05) is 0 Å². The minimum Gasteiger partial charge on any atom is -0.438 e. The molecule has 0 aliphatic rings. The maximum absolute atomic E-state index is 11.5. The van der Waals surface area contributed by atoms with Gasteiger partial charge in [-0.15, -0.1) is 0 Å². The van der Waals surface area contributed by atoms with Crippen molar-refractivity contribution in [1.82, 2.24) is 0 Å². The molecule has 0 radical (unpaired) electrons. The molecule has 0 aromatic heterocycles. The van der Waals surface area contributed by atoms with Gasteiger partial charge in [0.05, 0.1) is 7.11 Å². The third-order valence-electron chi connectivity index (χ3n) is 3.42. The van der Waals surface area contributed by atoms with E-state index >= 15 is 0 Å². The topological polar surface area (TPSA) is 35.5 Å². The largest absolute Gasteiger partial charge is 0.508 e. The molecule has 0 saturated heterocycles. The third kappa shape index (κ3) is 6.87. The minimum atomic E-state index is -0.529. The van der Waals surface area contributed by atoms with E-state index in [9.17, 15) is 4.79 Å². The molecule has 0 unspecified atom stereocenters. The Bertz CT molecular complexity index is 192. The number of hydrogen-bond donors (Lipinski definition) is 0. The van der Waals surface area contributed by atoms with E-state index in [0.29, 0.717) is 0 Å². The molecule has 0 N–H and O–H groups in total. The van der Waals surface area contributed by atoms with Gasteiger partial charge in [-0.2, -0.15) is 0 Å². The first-order valence-electron chi connectivity index (χ1n) is 7.41. The van der Waals surface area contributed by atoms with E-state index in [0.717, 1.165) is 57.8 Å². The van der Waals surface area contributed by atoms with Crippen LogP contribution in [0.5, 0.6) is 0 Å². The van der Waals surface area contributed by atoms with Gasteiger partial charge in [-0.3, -0.25) is 0 Å². The van der Waals surface area contributed by atoms with Crippen molar-refractivity contribution in [3.63, 3.8) is 0 Å². The van der Waals surface area contributed by atoms with Gasteiger partial charge < -0.3 is 9.47 Å². The molecule has 0 atom stereocenters. The fourth-order valence-corrected chi connectivity index (χ4v) is 2.24. The molecule has 0 rings (SSSR count). The van der Waals surface area contributed by atoms with E-state index < -0.39 is 6.16 Å². The first kappa shape index (κ1) is 17.3. The van der Waals surface area contributed by atoms with Gasteiger partial charge in [0.2, 0.25) is 0 Å². The van der Waals surface area contributed by atoms with Crippen molar-refractivity contribution in [3.8, 4) is 0 Å². The van der Waals surface area contributed by atoms with Crippen LogP contribution in [0.4, 0.5) is 4.79 Å². The summed E-state index contributed by atoms with van der Waals surface area (Å²) in [6.07, 6.45) is 9.03. The minimum absolute atomic E-state index is 0.297. The number of unbranched alkanes of at least 4 members (excludes halogenated alkanes) is 3. The molecule has 0 aromatic rings. The Hall–Kier alpha value is -0.730. The lowest BCUT2D eigenvalue weighted by atomic mass is 9.86. The SMILES string of the molecule is CCCCC(CCCC)(CCCC)OC(=O)OC. The normalized spacial score (nSPS) is 11.3. The molecule has 0 aliphatic carbocycles. The van der Waals surface area contributed by atoms with Crippen LogP contribution in [-0.2, 0) is 9.47 Å². The monoisotopic (exact) mass is 258 g/mol. The van der Waals surface area contributed by atoms with Gasteiger partial charge in [0.15, 0.2) is 0 Å². The Morgan fingerprint density at radius 2 is 1.28 bits per heavy atom. The number of ether oxygens (including phenoxy) is 2. The van der Waals surface area contributed by atoms with E-state index in [-0.39, 0.29) is 5.60 Å². The molecule has 0 heterocycles. The van der Waals surface area contributed by atoms with E-state index in [1.165, 1.54) is 7.11 Å². The van der Waals surface area contributed by atoms with E-state index in [4.69, 9.17) is 4.74 Å². The number of methoxy groups -OCH3 is 1. The molecule has 108 valence electrons. The molecule has 0 saturated carbocycles. The number of rotatable bonds is 10. The lowest BCUT2D eigenvalue weighted by Crippen LogP contribution is -2.35. The molecule has 0 amide bonds. The lowest BCUT2D eigenvalue weighted by molar-refractivity contribution is -0.0462. The standard InChI is InChI=1S/C15H30O3/c1-5-8-11-15(12-9-6-2,13-10-7-3)18-14(16)17-4/h5-13H2,1-4H3. The van der Waals surface area contributed by atoms with Crippen LogP contribution in [0.3, 0.4) is 0 Å². The van der Waals surface area contributed by atoms with Crippen molar-refractivity contribution in [2.75, 3.05) is 7.11 Å². The maximum Gasteiger partial charge on any atom is 0.508 e. The van der Waals surface area contributed by atoms with Crippen LogP contribution >= 0.6 is 0 Å². The van der Waals surface area contributed by atoms with Crippen LogP contribution in [0.25, 0.3) is 0 Å². The second-order valence-electron chi connectivity index (χ2n) is 5.05. The highest BCUT2D eigenvalue weighted by Crippen LogP contribution is 2.32. The van der Waals surface area contributed by atoms with Crippen molar-refractivity contribution in [2.45, 2.75) is 84.2 Å². The Morgan fingerprint density at radius 3 is 1.56 bits per heavy atom. The van der Waals surface area contributed by atoms with Crippen LogP contribution in [0.2, 0.25) is 0 Å². The van der Waals surface area contributed by atoms with Crippen molar-refractivity contribution >= 4 is 6.16 Å². The van der Waals surface area contributed by atoms with Gasteiger partial charge in [-0.25, -0.2) is 4.79 Å². The Morgan fingerprint density at radius 1 is 0.889 bits per heavy atom. The first-order valence-corrected chi connectivity index (χ1v) is 7.41. The molecule has 0 aromatic carbocycles. The lowest BCUT2D eigenvalue weighted by Gasteiger charge is -2.33. The predicted molar refractivity (Wildman–Crippen MR) is 74.8 cm³/mol. The Balaban J connectivity index is 4.66. The third-order valence-corrected chi connectivity index (χ3v) is 3.42. The smallest absolute Gasteiger partial charge is 0.438 e. The first-order chi connectivity index (χ1) is 8.64. The van der Waals surface area contributed by atoms with E-state index in [1.54, 1.807) is 0 Å². The summed E-state index contributed by atoms with van der Waals surface area (Å²) in [5, 5.41) is 0. The zero-order valence-corrected chi connectivity index (χ0v) is 12.6. The number of hydrogen-bond acceptors (Lipinski definition) is 3. The number of carbonyl (C=O) groups is 1. The summed E-state index contributed by atoms with van der Waals surface area (Å²) in [5.74, 6) is 0. The Kier molecular flexibility index (Phi) is 9.80. The van der Waals surface area contributed by atoms with Crippen molar-refractivity contribution in [2.24, 2.45) is 0 Å². The zero-order chi connectivity index (χ0) is 13.9. The quantitative estimate of drug-likeness (QED) is 0.513. The van der Waals surface area contributed by atoms with E-state index in [2.05, 4.69) is 25.5 Å². The summed E-state index contributed by atoms with van der Waals surface area (Å²) in [6.45, 7) is 6.51. The van der Waals surface area contributed by atoms with Gasteiger partial charge in [0, 0.05) is 0 Å². The molecular formula is C15H30O3. The van der Waals surface area contributed by atoms with Crippen LogP contribution in [0.1, 0.15) is 78.6 Å². The summed E-state index contributed by atoms with van der Waals surface area (Å²) in [6, 6.07) is 0. The molecule has 0 spiro atoms. The molecule has 3 nitrogen and oxygen atoms in total. The summed E-state index contributed by atoms with van der Waals surface area (Å²) in [7, 11) is 1.38. The van der Waals surface area contributed by atoms with Crippen molar-refractivity contribution < 1.29 is 14.3 Å². The fourth-order valence-electron chi connectivity index (χ4n) is 2.24. The van der Waals surface area contributed by atoms with Crippen LogP contribution < -0.4 is 0 Å². The zero-order valence-electron chi connectivity index (χ0n) is 12.6. The highest BCUT2D eigenvalue weighted by molar-refractivity contribution is 5.60. The summed E-state index contributed by atoms with van der Waals surface area (Å²) in [4.78, 5) is 11.5. The molecule has 0 aliphatic heterocycles. The molecule has 3 heteroatoms. The van der Waals surface area contributed by atoms with Crippen LogP contribution in [0.15, 0.2) is 0 Å². The van der Waals surface area contributed by atoms with Gasteiger partial charge in [-0.05, 0) is 38.5 Å². The molecular weight excluding hydrogens is 228 g/mol. The summed E-state index contributed by atoms with van der Waals surface area (Å²) >= 11 is 0. The molecule has 18 heavy (non-hydrogen) atoms. The average Bonchev–Trinajstić information content (AvgIpc) is 2.40. The average molecular weight is 258 g/mol. The van der Waals surface area contributed by atoms with Gasteiger partial charge in [-0.1, -0.05) is 40.0 Å². The summed E-state index contributed by atoms with van der Waals surface area (Å²) < 4.78 is 10.3. The highest BCUT2D eigenvalue weighted by atomic mass is 16.7. The number of carbonyl (C=O) groups excluding carboxylic acids is 1. The maximum atomic E-state index is 11.5. The van der Waals surface area contributed by atoms with Crippen molar-refractivity contribution in [1.29, 1.82) is 0 Å². The molecule has 0 fully saturated rings. The Labute approximate surface area is 112 Å². The fraction of sp³-hybridized carbons (Fsp3) is 0.933.